The molecule has 4 nitrogen and oxygen atoms in total. The number of nitrogens with zero attached hydrogens (tertiary/aromatic N) is 1. The lowest BCUT2D eigenvalue weighted by Gasteiger charge is -2.17. The number of fused-ring (bicyclic) bond motifs is 1. The van der Waals surface area contributed by atoms with Gasteiger partial charge in [0, 0.05) is 61.3 Å². The molecule has 0 bridgehead atoms. The van der Waals surface area contributed by atoms with E-state index in [1.165, 1.54) is 16.5 Å². The first-order valence-electron chi connectivity index (χ1n) is 9.73. The maximum Gasteiger partial charge on any atom is 0.220 e. The second-order valence-corrected chi connectivity index (χ2v) is 7.33. The first-order chi connectivity index (χ1) is 13.6. The molecule has 3 rings (SSSR count). The molecule has 3 aromatic rings. The third kappa shape index (κ3) is 4.75. The molecule has 1 aromatic heterocycles. The second kappa shape index (κ2) is 9.76. The highest BCUT2D eigenvalue weighted by Gasteiger charge is 2.22. The van der Waals surface area contributed by atoms with Gasteiger partial charge in [0.2, 0.25) is 5.91 Å². The van der Waals surface area contributed by atoms with Crippen LogP contribution in [0.5, 0.6) is 0 Å². The first kappa shape index (κ1) is 20.4. The van der Waals surface area contributed by atoms with Gasteiger partial charge in [-0.15, -0.1) is 0 Å². The molecule has 148 valence electrons. The molecular weight excluding hydrogens is 372 g/mol. The number of para-hydroxylation sites is 1. The van der Waals surface area contributed by atoms with Gasteiger partial charge >= 0.3 is 0 Å². The minimum atomic E-state index is -0.0302. The molecule has 28 heavy (non-hydrogen) atoms. The average Bonchev–Trinajstić information content (AvgIpc) is 3.09. The minimum Gasteiger partial charge on any atom is -0.385 e. The number of amides is 1. The molecule has 0 aliphatic heterocycles. The number of aromatic nitrogens is 1. The van der Waals surface area contributed by atoms with Crippen LogP contribution in [-0.4, -0.2) is 30.7 Å². The maximum atomic E-state index is 12.7. The van der Waals surface area contributed by atoms with Crippen LogP contribution in [0.2, 0.25) is 5.02 Å². The van der Waals surface area contributed by atoms with Gasteiger partial charge in [0.25, 0.3) is 0 Å². The van der Waals surface area contributed by atoms with Crippen molar-refractivity contribution in [3.63, 3.8) is 0 Å². The third-order valence-corrected chi connectivity index (χ3v) is 5.30. The highest BCUT2D eigenvalue weighted by molar-refractivity contribution is 6.30. The number of hydrogen-bond acceptors (Lipinski definition) is 2. The Morgan fingerprint density at radius 3 is 2.64 bits per heavy atom. The number of nitrogens with one attached hydrogen (secondary N) is 1. The number of benzene rings is 2. The summed E-state index contributed by atoms with van der Waals surface area (Å²) in [6.07, 6.45) is 3.39. The fraction of sp³-hybridized carbons (Fsp3) is 0.348. The van der Waals surface area contributed by atoms with Crippen LogP contribution < -0.4 is 5.32 Å². The van der Waals surface area contributed by atoms with Crippen molar-refractivity contribution in [1.82, 2.24) is 9.88 Å². The van der Waals surface area contributed by atoms with E-state index in [9.17, 15) is 4.79 Å². The molecule has 0 fully saturated rings. The van der Waals surface area contributed by atoms with Crippen LogP contribution in [0.3, 0.4) is 0 Å². The number of ether oxygens (including phenoxy) is 1. The normalized spacial score (nSPS) is 12.2. The Kier molecular flexibility index (Phi) is 7.12. The first-order valence-corrected chi connectivity index (χ1v) is 10.1. The van der Waals surface area contributed by atoms with E-state index in [0.29, 0.717) is 24.6 Å². The second-order valence-electron chi connectivity index (χ2n) is 6.89. The molecule has 1 amide bonds. The fourth-order valence-corrected chi connectivity index (χ4v) is 3.74. The average molecular weight is 399 g/mol. The van der Waals surface area contributed by atoms with E-state index in [2.05, 4.69) is 47.3 Å². The molecule has 0 spiro atoms. The number of aryl methyl sites for hydroxylation is 1. The summed E-state index contributed by atoms with van der Waals surface area (Å²) in [5, 5.41) is 4.90. The summed E-state index contributed by atoms with van der Waals surface area (Å²) in [4.78, 5) is 12.7. The predicted molar refractivity (Wildman–Crippen MR) is 115 cm³/mol. The number of methoxy groups -OCH3 is 1. The van der Waals surface area contributed by atoms with Gasteiger partial charge in [0.05, 0.1) is 0 Å². The Hall–Kier alpha value is -2.30. The molecule has 0 aliphatic rings. The molecule has 0 aliphatic carbocycles. The van der Waals surface area contributed by atoms with Crippen molar-refractivity contribution in [3.05, 3.63) is 70.9 Å². The molecule has 0 unspecified atom stereocenters. The van der Waals surface area contributed by atoms with Crippen LogP contribution in [0.1, 0.15) is 36.8 Å². The molecule has 1 heterocycles. The van der Waals surface area contributed by atoms with Crippen LogP contribution >= 0.6 is 11.6 Å². The summed E-state index contributed by atoms with van der Waals surface area (Å²) in [5.74, 6) is 0.0155. The van der Waals surface area contributed by atoms with Crippen LogP contribution in [0.15, 0.2) is 54.7 Å². The quantitative estimate of drug-likeness (QED) is 0.516. The molecule has 0 saturated heterocycles. The van der Waals surface area contributed by atoms with Gasteiger partial charge in [-0.25, -0.2) is 0 Å². The highest BCUT2D eigenvalue weighted by atomic mass is 35.5. The topological polar surface area (TPSA) is 43.3 Å². The molecule has 1 atom stereocenters. The van der Waals surface area contributed by atoms with Gasteiger partial charge in [-0.1, -0.05) is 41.9 Å². The predicted octanol–water partition coefficient (Wildman–Crippen LogP) is 4.99. The molecule has 5 heteroatoms. The summed E-state index contributed by atoms with van der Waals surface area (Å²) >= 11 is 6.09. The lowest BCUT2D eigenvalue weighted by molar-refractivity contribution is -0.121. The molecule has 2 aromatic carbocycles. The van der Waals surface area contributed by atoms with Gasteiger partial charge in [-0.3, -0.25) is 4.79 Å². The Labute approximate surface area is 171 Å². The number of carbonyl (C=O) groups is 1. The summed E-state index contributed by atoms with van der Waals surface area (Å²) in [5.41, 5.74) is 3.46. The zero-order valence-corrected chi connectivity index (χ0v) is 17.2. The largest absolute Gasteiger partial charge is 0.385 e. The van der Waals surface area contributed by atoms with Gasteiger partial charge in [0.1, 0.15) is 0 Å². The van der Waals surface area contributed by atoms with E-state index in [1.54, 1.807) is 7.11 Å². The van der Waals surface area contributed by atoms with Crippen LogP contribution in [0, 0.1) is 0 Å². The number of rotatable bonds is 9. The van der Waals surface area contributed by atoms with Crippen molar-refractivity contribution in [1.29, 1.82) is 0 Å². The number of hydrogen-bond donors (Lipinski definition) is 1. The van der Waals surface area contributed by atoms with Gasteiger partial charge in [0.15, 0.2) is 0 Å². The molecular formula is C23H27ClN2O2. The van der Waals surface area contributed by atoms with E-state index in [4.69, 9.17) is 16.3 Å². The summed E-state index contributed by atoms with van der Waals surface area (Å²) in [6, 6.07) is 16.2. The Morgan fingerprint density at radius 2 is 1.93 bits per heavy atom. The molecule has 0 saturated carbocycles. The number of halogens is 1. The lowest BCUT2D eigenvalue weighted by Crippen LogP contribution is -2.27. The van der Waals surface area contributed by atoms with Gasteiger partial charge in [-0.05, 0) is 42.7 Å². The standard InChI is InChI=1S/C23H27ClN2O2/c1-3-26-16-21(19-7-4-5-8-22(19)26)20(17-9-11-18(24)12-10-17)15-23(27)25-13-6-14-28-2/h4-5,7-12,16,20H,3,6,13-15H2,1-2H3,(H,25,27)/t20-/m1/s1. The zero-order chi connectivity index (χ0) is 19.9. The lowest BCUT2D eigenvalue weighted by atomic mass is 9.88. The van der Waals surface area contributed by atoms with Crippen molar-refractivity contribution in [2.24, 2.45) is 0 Å². The third-order valence-electron chi connectivity index (χ3n) is 5.04. The SMILES string of the molecule is CCn1cc([C@H](CC(=O)NCCCOC)c2ccc(Cl)cc2)c2ccccc21. The zero-order valence-electron chi connectivity index (χ0n) is 16.5. The highest BCUT2D eigenvalue weighted by Crippen LogP contribution is 2.35. The molecule has 0 radical (unpaired) electrons. The maximum absolute atomic E-state index is 12.7. The summed E-state index contributed by atoms with van der Waals surface area (Å²) < 4.78 is 7.29. The summed E-state index contributed by atoms with van der Waals surface area (Å²) in [7, 11) is 1.67. The van der Waals surface area contributed by atoms with E-state index in [-0.39, 0.29) is 11.8 Å². The fourth-order valence-electron chi connectivity index (χ4n) is 3.62. The van der Waals surface area contributed by atoms with E-state index in [0.717, 1.165) is 18.5 Å². The molecule has 1 N–H and O–H groups in total. The van der Waals surface area contributed by atoms with Crippen molar-refractivity contribution in [2.75, 3.05) is 20.3 Å². The minimum absolute atomic E-state index is 0.0302. The Balaban J connectivity index is 1.93. The van der Waals surface area contributed by atoms with Crippen molar-refractivity contribution in [3.8, 4) is 0 Å². The monoisotopic (exact) mass is 398 g/mol. The van der Waals surface area contributed by atoms with Crippen LogP contribution in [0.25, 0.3) is 10.9 Å². The van der Waals surface area contributed by atoms with E-state index >= 15 is 0 Å². The van der Waals surface area contributed by atoms with E-state index in [1.807, 2.05) is 24.3 Å². The van der Waals surface area contributed by atoms with Crippen molar-refractivity contribution < 1.29 is 9.53 Å². The van der Waals surface area contributed by atoms with Crippen LogP contribution in [-0.2, 0) is 16.1 Å². The van der Waals surface area contributed by atoms with Crippen molar-refractivity contribution in [2.45, 2.75) is 32.2 Å². The van der Waals surface area contributed by atoms with Gasteiger partial charge < -0.3 is 14.6 Å². The van der Waals surface area contributed by atoms with Crippen molar-refractivity contribution >= 4 is 28.4 Å². The number of carbonyl (C=O) groups excluding carboxylic acids is 1. The van der Waals surface area contributed by atoms with Crippen LogP contribution in [0.4, 0.5) is 0 Å². The van der Waals surface area contributed by atoms with E-state index < -0.39 is 0 Å². The Morgan fingerprint density at radius 1 is 1.18 bits per heavy atom. The summed E-state index contributed by atoms with van der Waals surface area (Å²) in [6.45, 7) is 4.29. The Bertz CT molecular complexity index is 918. The smallest absolute Gasteiger partial charge is 0.220 e. The van der Waals surface area contributed by atoms with Gasteiger partial charge in [-0.2, -0.15) is 0 Å².